The molecule has 0 spiro atoms. The molecule has 0 radical (unpaired) electrons. The number of rotatable bonds is 5. The fourth-order valence-corrected chi connectivity index (χ4v) is 5.50. The van der Waals surface area contributed by atoms with Crippen molar-refractivity contribution in [3.63, 3.8) is 0 Å². The molecule has 2 heterocycles. The molecule has 2 aliphatic rings. The molecule has 170 valence electrons. The van der Waals surface area contributed by atoms with Gasteiger partial charge in [-0.25, -0.2) is 13.2 Å². The van der Waals surface area contributed by atoms with Crippen molar-refractivity contribution >= 4 is 38.6 Å². The van der Waals surface area contributed by atoms with E-state index >= 15 is 0 Å². The molecule has 0 aromatic heterocycles. The lowest BCUT2D eigenvalue weighted by molar-refractivity contribution is -0.134. The van der Waals surface area contributed by atoms with Gasteiger partial charge in [0.05, 0.1) is 4.90 Å². The minimum Gasteiger partial charge on any atom is -0.340 e. The van der Waals surface area contributed by atoms with E-state index in [0.717, 1.165) is 15.7 Å². The number of carbonyl (C=O) groups excluding carboxylic acids is 3. The molecule has 0 unspecified atom stereocenters. The molecule has 2 fully saturated rings. The van der Waals surface area contributed by atoms with Crippen LogP contribution in [-0.4, -0.2) is 78.6 Å². The van der Waals surface area contributed by atoms with E-state index in [1.165, 1.54) is 4.31 Å². The number of amides is 4. The summed E-state index contributed by atoms with van der Waals surface area (Å²) in [6.45, 7) is 4.14. The highest BCUT2D eigenvalue weighted by Crippen LogP contribution is 2.23. The first kappa shape index (κ1) is 22.2. The standard InChI is InChI=1S/C22H26N4O5S/c1-22(2)20(28)26(21(29)23-22)10-9-19(27)24-11-13-25(14-12-24)32(30,31)18-8-7-16-5-3-4-6-17(16)15-18/h3-8,15H,9-14H2,1-2H3,(H,23,29). The summed E-state index contributed by atoms with van der Waals surface area (Å²) in [6.07, 6.45) is 0.00661. The van der Waals surface area contributed by atoms with Crippen LogP contribution in [0.4, 0.5) is 4.79 Å². The molecule has 2 saturated heterocycles. The number of hydrogen-bond acceptors (Lipinski definition) is 5. The summed E-state index contributed by atoms with van der Waals surface area (Å²) in [5.41, 5.74) is -0.969. The molecule has 4 amide bonds. The van der Waals surface area contributed by atoms with Crippen LogP contribution in [-0.2, 0) is 19.6 Å². The number of benzene rings is 2. The lowest BCUT2D eigenvalue weighted by Crippen LogP contribution is -2.51. The van der Waals surface area contributed by atoms with Gasteiger partial charge in [0, 0.05) is 39.1 Å². The van der Waals surface area contributed by atoms with Gasteiger partial charge in [-0.05, 0) is 36.8 Å². The SMILES string of the molecule is CC1(C)NC(=O)N(CCC(=O)N2CCN(S(=O)(=O)c3ccc4ccccc4c3)CC2)C1=O. The number of hydrogen-bond donors (Lipinski definition) is 1. The van der Waals surface area contributed by atoms with Crippen LogP contribution >= 0.6 is 0 Å². The average molecular weight is 459 g/mol. The number of sulfonamides is 1. The fraction of sp³-hybridized carbons (Fsp3) is 0.409. The maximum absolute atomic E-state index is 13.1. The van der Waals surface area contributed by atoms with Gasteiger partial charge in [0.2, 0.25) is 15.9 Å². The molecule has 2 aromatic carbocycles. The maximum Gasteiger partial charge on any atom is 0.325 e. The Morgan fingerprint density at radius 2 is 1.66 bits per heavy atom. The highest BCUT2D eigenvalue weighted by molar-refractivity contribution is 7.89. The Morgan fingerprint density at radius 1 is 1.00 bits per heavy atom. The van der Waals surface area contributed by atoms with E-state index in [2.05, 4.69) is 5.32 Å². The minimum absolute atomic E-state index is 0.00251. The van der Waals surface area contributed by atoms with Gasteiger partial charge in [0.25, 0.3) is 5.91 Å². The quantitative estimate of drug-likeness (QED) is 0.682. The Hall–Kier alpha value is -2.98. The van der Waals surface area contributed by atoms with Crippen molar-refractivity contribution in [1.29, 1.82) is 0 Å². The molecular weight excluding hydrogens is 432 g/mol. The molecule has 0 bridgehead atoms. The Morgan fingerprint density at radius 3 is 2.28 bits per heavy atom. The van der Waals surface area contributed by atoms with Crippen LogP contribution in [0.1, 0.15) is 20.3 Å². The van der Waals surface area contributed by atoms with Gasteiger partial charge in [0.15, 0.2) is 0 Å². The molecule has 9 nitrogen and oxygen atoms in total. The second-order valence-corrected chi connectivity index (χ2v) is 10.5. The van der Waals surface area contributed by atoms with E-state index in [1.54, 1.807) is 36.9 Å². The Kier molecular flexibility index (Phi) is 5.68. The Balaban J connectivity index is 1.35. The smallest absolute Gasteiger partial charge is 0.325 e. The number of nitrogens with zero attached hydrogens (tertiary/aromatic N) is 3. The summed E-state index contributed by atoms with van der Waals surface area (Å²) in [6, 6.07) is 12.1. The number of urea groups is 1. The van der Waals surface area contributed by atoms with Crippen molar-refractivity contribution in [1.82, 2.24) is 19.4 Å². The number of fused-ring (bicyclic) bond motifs is 1. The lowest BCUT2D eigenvalue weighted by atomic mass is 10.1. The summed E-state index contributed by atoms with van der Waals surface area (Å²) in [4.78, 5) is 39.7. The van der Waals surface area contributed by atoms with Gasteiger partial charge in [-0.2, -0.15) is 4.31 Å². The number of carbonyl (C=O) groups is 3. The van der Waals surface area contributed by atoms with Crippen LogP contribution in [0.5, 0.6) is 0 Å². The van der Waals surface area contributed by atoms with Crippen LogP contribution in [0.25, 0.3) is 10.8 Å². The highest BCUT2D eigenvalue weighted by atomic mass is 32.2. The van der Waals surface area contributed by atoms with Crippen molar-refractivity contribution in [3.05, 3.63) is 42.5 Å². The Labute approximate surface area is 187 Å². The summed E-state index contributed by atoms with van der Waals surface area (Å²) in [7, 11) is -3.67. The van der Waals surface area contributed by atoms with E-state index in [-0.39, 0.29) is 55.9 Å². The lowest BCUT2D eigenvalue weighted by Gasteiger charge is -2.34. The zero-order chi connectivity index (χ0) is 23.1. The highest BCUT2D eigenvalue weighted by Gasteiger charge is 2.44. The Bertz CT molecular complexity index is 1190. The van der Waals surface area contributed by atoms with Gasteiger partial charge < -0.3 is 10.2 Å². The molecule has 1 N–H and O–H groups in total. The molecule has 32 heavy (non-hydrogen) atoms. The molecule has 0 aliphatic carbocycles. The minimum atomic E-state index is -3.67. The third-order valence-corrected chi connectivity index (χ3v) is 7.84. The monoisotopic (exact) mass is 458 g/mol. The number of nitrogens with one attached hydrogen (secondary N) is 1. The van der Waals surface area contributed by atoms with Gasteiger partial charge in [-0.1, -0.05) is 30.3 Å². The molecular formula is C22H26N4O5S. The topological polar surface area (TPSA) is 107 Å². The first-order valence-corrected chi connectivity index (χ1v) is 11.9. The summed E-state index contributed by atoms with van der Waals surface area (Å²) in [5.74, 6) is -0.570. The molecule has 0 saturated carbocycles. The number of imide groups is 1. The second-order valence-electron chi connectivity index (χ2n) is 8.56. The molecule has 10 heteroatoms. The van der Waals surface area contributed by atoms with E-state index in [1.807, 2.05) is 24.3 Å². The first-order valence-electron chi connectivity index (χ1n) is 10.5. The van der Waals surface area contributed by atoms with Crippen molar-refractivity contribution in [3.8, 4) is 0 Å². The summed E-state index contributed by atoms with van der Waals surface area (Å²) < 4.78 is 27.5. The largest absolute Gasteiger partial charge is 0.340 e. The molecule has 4 rings (SSSR count). The zero-order valence-corrected chi connectivity index (χ0v) is 18.9. The molecule has 0 atom stereocenters. The van der Waals surface area contributed by atoms with E-state index < -0.39 is 21.6 Å². The second kappa shape index (κ2) is 8.18. The van der Waals surface area contributed by atoms with Crippen molar-refractivity contribution < 1.29 is 22.8 Å². The van der Waals surface area contributed by atoms with Crippen LogP contribution < -0.4 is 5.32 Å². The van der Waals surface area contributed by atoms with Crippen LogP contribution in [0, 0.1) is 0 Å². The van der Waals surface area contributed by atoms with Crippen LogP contribution in [0.3, 0.4) is 0 Å². The number of piperazine rings is 1. The van der Waals surface area contributed by atoms with Gasteiger partial charge in [-0.15, -0.1) is 0 Å². The van der Waals surface area contributed by atoms with Crippen molar-refractivity contribution in [2.75, 3.05) is 32.7 Å². The van der Waals surface area contributed by atoms with E-state index in [9.17, 15) is 22.8 Å². The van der Waals surface area contributed by atoms with Crippen LogP contribution in [0.2, 0.25) is 0 Å². The van der Waals surface area contributed by atoms with Crippen molar-refractivity contribution in [2.45, 2.75) is 30.7 Å². The fourth-order valence-electron chi connectivity index (χ4n) is 4.04. The van der Waals surface area contributed by atoms with Gasteiger partial charge in [-0.3, -0.25) is 14.5 Å². The van der Waals surface area contributed by atoms with Crippen molar-refractivity contribution in [2.24, 2.45) is 0 Å². The molecule has 2 aromatic rings. The maximum atomic E-state index is 13.1. The van der Waals surface area contributed by atoms with E-state index in [4.69, 9.17) is 0 Å². The van der Waals surface area contributed by atoms with Crippen LogP contribution in [0.15, 0.2) is 47.4 Å². The van der Waals surface area contributed by atoms with E-state index in [0.29, 0.717) is 0 Å². The predicted molar refractivity (Wildman–Crippen MR) is 118 cm³/mol. The average Bonchev–Trinajstić information content (AvgIpc) is 2.97. The third-order valence-electron chi connectivity index (χ3n) is 5.94. The normalized spacial score (nSPS) is 19.4. The first-order chi connectivity index (χ1) is 15.1. The summed E-state index contributed by atoms with van der Waals surface area (Å²) in [5, 5.41) is 4.41. The van der Waals surface area contributed by atoms with Gasteiger partial charge in [0.1, 0.15) is 5.54 Å². The third kappa shape index (κ3) is 4.07. The van der Waals surface area contributed by atoms with Gasteiger partial charge >= 0.3 is 6.03 Å². The zero-order valence-electron chi connectivity index (χ0n) is 18.1. The predicted octanol–water partition coefficient (Wildman–Crippen LogP) is 1.39. The molecule has 2 aliphatic heterocycles. The summed E-state index contributed by atoms with van der Waals surface area (Å²) >= 11 is 0.